The van der Waals surface area contributed by atoms with Gasteiger partial charge in [0, 0.05) is 0 Å². The molecule has 0 aromatic rings. The molecule has 0 radical (unpaired) electrons. The maximum absolute atomic E-state index is 2.50. The second-order valence-electron chi connectivity index (χ2n) is 6.28. The SMILES string of the molecule is CCCCC(CC)CCC(C)C(CC)CCCC. The maximum Gasteiger partial charge on any atom is -0.0391 e. The molecule has 0 saturated heterocycles. The maximum atomic E-state index is 2.50. The fraction of sp³-hybridized carbons (Fsp3) is 1.00. The first-order valence-corrected chi connectivity index (χ1v) is 8.69. The molecule has 0 nitrogen and oxygen atoms in total. The molecule has 0 heteroatoms. The third-order valence-corrected chi connectivity index (χ3v) is 4.83. The smallest absolute Gasteiger partial charge is 0.0391 e. The largest absolute Gasteiger partial charge is 0.0654 e. The quantitative estimate of drug-likeness (QED) is 0.358. The molecule has 3 atom stereocenters. The summed E-state index contributed by atoms with van der Waals surface area (Å²) in [7, 11) is 0. The first-order chi connectivity index (χ1) is 8.69. The highest BCUT2D eigenvalue weighted by molar-refractivity contribution is 4.68. The van der Waals surface area contributed by atoms with Crippen LogP contribution >= 0.6 is 0 Å². The van der Waals surface area contributed by atoms with Crippen molar-refractivity contribution in [2.45, 2.75) is 98.8 Å². The van der Waals surface area contributed by atoms with E-state index in [-0.39, 0.29) is 0 Å². The van der Waals surface area contributed by atoms with Crippen LogP contribution in [0.5, 0.6) is 0 Å². The van der Waals surface area contributed by atoms with E-state index in [4.69, 9.17) is 0 Å². The minimum atomic E-state index is 0.942. The van der Waals surface area contributed by atoms with Gasteiger partial charge in [-0.05, 0) is 17.8 Å². The van der Waals surface area contributed by atoms with Crippen LogP contribution in [0.2, 0.25) is 0 Å². The highest BCUT2D eigenvalue weighted by Crippen LogP contribution is 2.29. The van der Waals surface area contributed by atoms with Crippen LogP contribution in [-0.2, 0) is 0 Å². The third-order valence-electron chi connectivity index (χ3n) is 4.83. The molecule has 18 heavy (non-hydrogen) atoms. The minimum absolute atomic E-state index is 0.942. The summed E-state index contributed by atoms with van der Waals surface area (Å²) < 4.78 is 0. The summed E-state index contributed by atoms with van der Waals surface area (Å²) in [5, 5.41) is 0. The lowest BCUT2D eigenvalue weighted by molar-refractivity contribution is 0.271. The van der Waals surface area contributed by atoms with E-state index in [0.717, 1.165) is 17.8 Å². The molecule has 0 heterocycles. The molecular formula is C18H38. The molecule has 0 aliphatic heterocycles. The van der Waals surface area contributed by atoms with Crippen LogP contribution in [0.25, 0.3) is 0 Å². The Hall–Kier alpha value is 0. The molecule has 0 fully saturated rings. The lowest BCUT2D eigenvalue weighted by Crippen LogP contribution is -2.13. The first kappa shape index (κ1) is 18.0. The monoisotopic (exact) mass is 254 g/mol. The van der Waals surface area contributed by atoms with E-state index in [1.54, 1.807) is 0 Å². The predicted molar refractivity (Wildman–Crippen MR) is 85.0 cm³/mol. The minimum Gasteiger partial charge on any atom is -0.0654 e. The molecular weight excluding hydrogens is 216 g/mol. The van der Waals surface area contributed by atoms with Gasteiger partial charge in [-0.25, -0.2) is 0 Å². The van der Waals surface area contributed by atoms with Crippen molar-refractivity contribution in [2.75, 3.05) is 0 Å². The summed E-state index contributed by atoms with van der Waals surface area (Å²) in [5.41, 5.74) is 0. The van der Waals surface area contributed by atoms with Gasteiger partial charge in [0.05, 0.1) is 0 Å². The van der Waals surface area contributed by atoms with Crippen molar-refractivity contribution in [3.05, 3.63) is 0 Å². The normalized spacial score (nSPS) is 16.5. The molecule has 3 unspecified atom stereocenters. The van der Waals surface area contributed by atoms with Gasteiger partial charge in [-0.3, -0.25) is 0 Å². The van der Waals surface area contributed by atoms with E-state index < -0.39 is 0 Å². The van der Waals surface area contributed by atoms with Crippen molar-refractivity contribution in [2.24, 2.45) is 17.8 Å². The Kier molecular flexibility index (Phi) is 12.1. The van der Waals surface area contributed by atoms with Gasteiger partial charge in [-0.1, -0.05) is 98.8 Å². The van der Waals surface area contributed by atoms with E-state index >= 15 is 0 Å². The lowest BCUT2D eigenvalue weighted by Gasteiger charge is -2.24. The van der Waals surface area contributed by atoms with E-state index in [0.29, 0.717) is 0 Å². The Morgan fingerprint density at radius 1 is 0.667 bits per heavy atom. The Bertz CT molecular complexity index is 161. The van der Waals surface area contributed by atoms with E-state index in [2.05, 4.69) is 34.6 Å². The average Bonchev–Trinajstić information content (AvgIpc) is 2.39. The summed E-state index contributed by atoms with van der Waals surface area (Å²) >= 11 is 0. The summed E-state index contributed by atoms with van der Waals surface area (Å²) in [4.78, 5) is 0. The Morgan fingerprint density at radius 3 is 1.78 bits per heavy atom. The van der Waals surface area contributed by atoms with Crippen molar-refractivity contribution in [3.63, 3.8) is 0 Å². The van der Waals surface area contributed by atoms with Crippen LogP contribution in [0.1, 0.15) is 98.8 Å². The highest BCUT2D eigenvalue weighted by atomic mass is 14.2. The molecule has 110 valence electrons. The first-order valence-electron chi connectivity index (χ1n) is 8.69. The van der Waals surface area contributed by atoms with E-state index in [1.165, 1.54) is 64.2 Å². The van der Waals surface area contributed by atoms with E-state index in [1.807, 2.05) is 0 Å². The molecule has 0 rings (SSSR count). The zero-order valence-electron chi connectivity index (χ0n) is 13.8. The number of hydrogen-bond acceptors (Lipinski definition) is 0. The van der Waals surface area contributed by atoms with Crippen LogP contribution in [0.3, 0.4) is 0 Å². The molecule has 0 spiro atoms. The molecule has 0 bridgehead atoms. The second-order valence-corrected chi connectivity index (χ2v) is 6.28. The van der Waals surface area contributed by atoms with Crippen LogP contribution in [0, 0.1) is 17.8 Å². The highest BCUT2D eigenvalue weighted by Gasteiger charge is 2.16. The topological polar surface area (TPSA) is 0 Å². The molecule has 0 saturated carbocycles. The van der Waals surface area contributed by atoms with E-state index in [9.17, 15) is 0 Å². The fourth-order valence-electron chi connectivity index (χ4n) is 3.14. The van der Waals surface area contributed by atoms with Gasteiger partial charge in [0.15, 0.2) is 0 Å². The Morgan fingerprint density at radius 2 is 1.28 bits per heavy atom. The van der Waals surface area contributed by atoms with Crippen molar-refractivity contribution >= 4 is 0 Å². The van der Waals surface area contributed by atoms with Crippen molar-refractivity contribution in [1.82, 2.24) is 0 Å². The van der Waals surface area contributed by atoms with Gasteiger partial charge >= 0.3 is 0 Å². The molecule has 0 N–H and O–H groups in total. The van der Waals surface area contributed by atoms with Gasteiger partial charge < -0.3 is 0 Å². The fourth-order valence-corrected chi connectivity index (χ4v) is 3.14. The standard InChI is InChI=1S/C18H38/c1-6-10-12-17(8-3)15-14-16(5)18(9-4)13-11-7-2/h16-18H,6-15H2,1-5H3. The van der Waals surface area contributed by atoms with Crippen molar-refractivity contribution in [3.8, 4) is 0 Å². The van der Waals surface area contributed by atoms with Crippen LogP contribution in [0.15, 0.2) is 0 Å². The molecule has 0 aliphatic rings. The molecule has 0 aromatic carbocycles. The molecule has 0 aliphatic carbocycles. The molecule has 0 amide bonds. The Balaban J connectivity index is 3.91. The number of unbranched alkanes of at least 4 members (excludes halogenated alkanes) is 2. The van der Waals surface area contributed by atoms with Crippen LogP contribution < -0.4 is 0 Å². The molecule has 0 aromatic heterocycles. The Labute approximate surface area is 117 Å². The average molecular weight is 255 g/mol. The van der Waals surface area contributed by atoms with Gasteiger partial charge in [-0.2, -0.15) is 0 Å². The van der Waals surface area contributed by atoms with Crippen molar-refractivity contribution < 1.29 is 0 Å². The summed E-state index contributed by atoms with van der Waals surface area (Å²) in [5.74, 6) is 2.92. The van der Waals surface area contributed by atoms with Gasteiger partial charge in [-0.15, -0.1) is 0 Å². The van der Waals surface area contributed by atoms with Crippen LogP contribution in [0.4, 0.5) is 0 Å². The van der Waals surface area contributed by atoms with Crippen LogP contribution in [-0.4, -0.2) is 0 Å². The lowest BCUT2D eigenvalue weighted by atomic mass is 9.81. The number of hydrogen-bond donors (Lipinski definition) is 0. The zero-order valence-corrected chi connectivity index (χ0v) is 13.8. The summed E-state index contributed by atoms with van der Waals surface area (Å²) in [6, 6.07) is 0. The number of rotatable bonds is 12. The zero-order chi connectivity index (χ0) is 13.8. The third kappa shape index (κ3) is 8.16. The van der Waals surface area contributed by atoms with Gasteiger partial charge in [0.25, 0.3) is 0 Å². The van der Waals surface area contributed by atoms with Gasteiger partial charge in [0.1, 0.15) is 0 Å². The van der Waals surface area contributed by atoms with Crippen molar-refractivity contribution in [1.29, 1.82) is 0 Å². The predicted octanol–water partition coefficient (Wildman–Crippen LogP) is 6.84. The summed E-state index contributed by atoms with van der Waals surface area (Å²) in [6.07, 6.45) is 14.2. The second kappa shape index (κ2) is 12.1. The summed E-state index contributed by atoms with van der Waals surface area (Å²) in [6.45, 7) is 11.9. The van der Waals surface area contributed by atoms with Gasteiger partial charge in [0.2, 0.25) is 0 Å².